The van der Waals surface area contributed by atoms with Crippen LogP contribution in [0.25, 0.3) is 0 Å². The van der Waals surface area contributed by atoms with Crippen LogP contribution in [-0.4, -0.2) is 25.4 Å². The maximum absolute atomic E-state index is 12.6. The molecule has 2 heterocycles. The third-order valence-electron chi connectivity index (χ3n) is 11.1. The topological polar surface area (TPSA) is 18.5 Å². The van der Waals surface area contributed by atoms with Gasteiger partial charge in [-0.05, 0) is 164 Å². The fraction of sp³-hybridized carbons (Fsp3) is 0.607. The van der Waals surface area contributed by atoms with E-state index in [1.807, 2.05) is 26.0 Å². The minimum atomic E-state index is -0.736. The van der Waals surface area contributed by atoms with Crippen LogP contribution in [0.5, 0.6) is 0 Å². The van der Waals surface area contributed by atoms with Gasteiger partial charge in [0.25, 0.3) is 0 Å². The van der Waals surface area contributed by atoms with E-state index in [9.17, 15) is 17.6 Å². The summed E-state index contributed by atoms with van der Waals surface area (Å²) in [6.07, 6.45) is 12.1. The van der Waals surface area contributed by atoms with Gasteiger partial charge in [-0.3, -0.25) is 0 Å². The second-order valence-corrected chi connectivity index (χ2v) is 18.0. The van der Waals surface area contributed by atoms with E-state index < -0.39 is 11.6 Å². The van der Waals surface area contributed by atoms with Crippen LogP contribution >= 0.6 is 0 Å². The van der Waals surface area contributed by atoms with Crippen LogP contribution in [0.3, 0.4) is 0 Å². The molecule has 2 nitrogen and oxygen atoms in total. The maximum atomic E-state index is 12.6. The molecule has 0 spiro atoms. The van der Waals surface area contributed by atoms with E-state index in [0.29, 0.717) is 34.5 Å². The molecular formula is C61H108F4O2. The first kappa shape index (κ1) is 77.7. The largest absolute Gasteiger partial charge is 0.378 e. The van der Waals surface area contributed by atoms with Crippen molar-refractivity contribution in [2.75, 3.05) is 13.2 Å². The molecule has 4 unspecified atom stereocenters. The highest BCUT2D eigenvalue weighted by Gasteiger charge is 2.15. The molecule has 2 aliphatic heterocycles. The van der Waals surface area contributed by atoms with Gasteiger partial charge in [-0.1, -0.05) is 177 Å². The first-order chi connectivity index (χ1) is 28.2. The van der Waals surface area contributed by atoms with Gasteiger partial charge in [0.15, 0.2) is 11.6 Å². The average molecular weight is 950 g/mol. The minimum Gasteiger partial charge on any atom is -0.378 e. The van der Waals surface area contributed by atoms with Crippen LogP contribution in [-0.2, 0) is 9.47 Å². The second-order valence-electron chi connectivity index (χ2n) is 18.0. The van der Waals surface area contributed by atoms with E-state index in [2.05, 4.69) is 79.7 Å². The molecule has 0 aromatic heterocycles. The fourth-order valence-electron chi connectivity index (χ4n) is 6.23. The predicted molar refractivity (Wildman–Crippen MR) is 295 cm³/mol. The Morgan fingerprint density at radius 2 is 0.567 bits per heavy atom. The Balaban J connectivity index is -0.000000123. The number of rotatable bonds is 0. The molecule has 3 fully saturated rings. The van der Waals surface area contributed by atoms with Crippen molar-refractivity contribution in [2.45, 2.75) is 212 Å². The standard InChI is InChI=1S/C8H8F2.2C8H9F.C8H16.C8H10.2C7H14O.7CH4/c1-5-3-4-6(2)8(10)7(5)9;2*1-6-3-4-7(2)8(9)5-6;2*1-7-3-5-8(2)6-4-7;2*1-6-3-4-7(2)8-5-6;;;;;;;/h3-4H,1-2H3;2*3-5H,1-2H3;7-8H,3-6H2,1-2H3;3-6H,1-2H3;2*6-7H,3-5H2,1-2H3;7*1H4. The van der Waals surface area contributed by atoms with Gasteiger partial charge >= 0.3 is 0 Å². The van der Waals surface area contributed by atoms with Crippen molar-refractivity contribution >= 4 is 0 Å². The molecule has 3 aliphatic rings. The van der Waals surface area contributed by atoms with Crippen molar-refractivity contribution < 1.29 is 27.0 Å². The lowest BCUT2D eigenvalue weighted by atomic mass is 9.84. The SMILES string of the molecule is C.C.C.C.C.C.C.CC1CCC(C)CC1.CC1CCC(C)OC1.CC1CCC(C)OC1.Cc1ccc(C)c(F)c1.Cc1ccc(C)c(F)c1.Cc1ccc(C)c(F)c1F.Cc1ccc(C)cc1. The number of ether oxygens (including phenoxy) is 2. The predicted octanol–water partition coefficient (Wildman–Crippen LogP) is 20.7. The summed E-state index contributed by atoms with van der Waals surface area (Å²) in [5.41, 5.74) is 6.72. The van der Waals surface area contributed by atoms with Crippen molar-refractivity contribution in [3.8, 4) is 0 Å². The van der Waals surface area contributed by atoms with Gasteiger partial charge in [0.05, 0.1) is 12.2 Å². The molecular weight excluding hydrogens is 841 g/mol. The monoisotopic (exact) mass is 949 g/mol. The van der Waals surface area contributed by atoms with E-state index >= 15 is 0 Å². The summed E-state index contributed by atoms with van der Waals surface area (Å²) in [6, 6.07) is 22.0. The zero-order valence-corrected chi connectivity index (χ0v) is 39.8. The summed E-state index contributed by atoms with van der Waals surface area (Å²) in [4.78, 5) is 0. The Bertz CT molecular complexity index is 1560. The molecule has 392 valence electrons. The van der Waals surface area contributed by atoms with E-state index in [-0.39, 0.29) is 63.6 Å². The molecule has 7 rings (SSSR count). The zero-order valence-electron chi connectivity index (χ0n) is 39.8. The van der Waals surface area contributed by atoms with Gasteiger partial charge in [-0.15, -0.1) is 0 Å². The zero-order chi connectivity index (χ0) is 45.4. The molecule has 0 N–H and O–H groups in total. The Kier molecular flexibility index (Phi) is 49.4. The van der Waals surface area contributed by atoms with E-state index in [1.54, 1.807) is 38.1 Å². The number of aryl methyl sites for hydroxylation is 8. The Hall–Kier alpha value is -3.48. The lowest BCUT2D eigenvalue weighted by Crippen LogP contribution is -2.21. The van der Waals surface area contributed by atoms with Crippen molar-refractivity contribution in [3.05, 3.63) is 141 Å². The highest BCUT2D eigenvalue weighted by atomic mass is 19.2. The highest BCUT2D eigenvalue weighted by Crippen LogP contribution is 2.27. The summed E-state index contributed by atoms with van der Waals surface area (Å²) in [6.45, 7) is 30.0. The van der Waals surface area contributed by atoms with E-state index in [1.165, 1.54) is 88.5 Å². The number of hydrogen-bond acceptors (Lipinski definition) is 2. The van der Waals surface area contributed by atoms with Crippen LogP contribution in [0.1, 0.15) is 189 Å². The van der Waals surface area contributed by atoms with Crippen LogP contribution in [0.15, 0.2) is 72.8 Å². The van der Waals surface area contributed by atoms with Crippen molar-refractivity contribution in [2.24, 2.45) is 23.7 Å². The van der Waals surface area contributed by atoms with E-state index in [4.69, 9.17) is 9.47 Å². The Morgan fingerprint density at radius 1 is 0.328 bits per heavy atom. The lowest BCUT2D eigenvalue weighted by Gasteiger charge is -2.23. The molecule has 1 saturated carbocycles. The molecule has 1 aliphatic carbocycles. The summed E-state index contributed by atoms with van der Waals surface area (Å²) in [7, 11) is 0. The summed E-state index contributed by atoms with van der Waals surface area (Å²) in [5.74, 6) is 1.93. The van der Waals surface area contributed by atoms with Gasteiger partial charge in [-0.25, -0.2) is 17.6 Å². The molecule has 67 heavy (non-hydrogen) atoms. The molecule has 4 aromatic rings. The third-order valence-corrected chi connectivity index (χ3v) is 11.1. The van der Waals surface area contributed by atoms with Crippen LogP contribution < -0.4 is 0 Å². The summed E-state index contributed by atoms with van der Waals surface area (Å²) in [5, 5.41) is 0. The van der Waals surface area contributed by atoms with Gasteiger partial charge in [0, 0.05) is 13.2 Å². The molecule has 2 saturated heterocycles. The number of halogens is 4. The van der Waals surface area contributed by atoms with Gasteiger partial charge in [0.1, 0.15) is 11.6 Å². The fourth-order valence-corrected chi connectivity index (χ4v) is 6.23. The van der Waals surface area contributed by atoms with Crippen molar-refractivity contribution in [3.63, 3.8) is 0 Å². The molecule has 4 aromatic carbocycles. The van der Waals surface area contributed by atoms with Crippen LogP contribution in [0.4, 0.5) is 17.6 Å². The van der Waals surface area contributed by atoms with Gasteiger partial charge in [-0.2, -0.15) is 0 Å². The Morgan fingerprint density at radius 3 is 0.776 bits per heavy atom. The number of hydrogen-bond donors (Lipinski definition) is 0. The average Bonchev–Trinajstić information content (AvgIpc) is 3.21. The van der Waals surface area contributed by atoms with Crippen LogP contribution in [0.2, 0.25) is 0 Å². The first-order valence-electron chi connectivity index (χ1n) is 22.3. The highest BCUT2D eigenvalue weighted by molar-refractivity contribution is 5.24. The third kappa shape index (κ3) is 36.2. The molecule has 0 bridgehead atoms. The first-order valence-corrected chi connectivity index (χ1v) is 22.3. The van der Waals surface area contributed by atoms with Crippen molar-refractivity contribution in [1.82, 2.24) is 0 Å². The minimum absolute atomic E-state index is 0. The smallest absolute Gasteiger partial charge is 0.161 e. The van der Waals surface area contributed by atoms with Gasteiger partial charge in [0.2, 0.25) is 0 Å². The second kappa shape index (κ2) is 42.6. The van der Waals surface area contributed by atoms with Crippen molar-refractivity contribution in [1.29, 1.82) is 0 Å². The quantitative estimate of drug-likeness (QED) is 0.164. The number of benzene rings is 4. The molecule has 6 heteroatoms. The normalized spacial score (nSPS) is 19.4. The van der Waals surface area contributed by atoms with E-state index in [0.717, 1.165) is 48.0 Å². The maximum Gasteiger partial charge on any atom is 0.161 e. The van der Waals surface area contributed by atoms with Gasteiger partial charge < -0.3 is 9.47 Å². The van der Waals surface area contributed by atoms with Crippen LogP contribution in [0, 0.1) is 102 Å². The summed E-state index contributed by atoms with van der Waals surface area (Å²) < 4.78 is 61.2. The molecule has 0 amide bonds. The Labute approximate surface area is 415 Å². The molecule has 0 radical (unpaired) electrons. The lowest BCUT2D eigenvalue weighted by molar-refractivity contribution is 0.000174. The summed E-state index contributed by atoms with van der Waals surface area (Å²) >= 11 is 0. The molecule has 4 atom stereocenters.